The largest absolute Gasteiger partial charge is 0.489 e. The number of ether oxygens (including phenoxy) is 1. The fourth-order valence-corrected chi connectivity index (χ4v) is 4.50. The fraction of sp³-hybridized carbons (Fsp3) is 0.458. The molecule has 2 atom stereocenters. The summed E-state index contributed by atoms with van der Waals surface area (Å²) in [6, 6.07) is 10.8. The SMILES string of the molecule is C[C@H](NC(=O)C(C)(C)N1CCC(Oc2cccc(C(F)(F)F)c2)C1)c1ccc(S(C)(=O)=O)cc1.Cl. The van der Waals surface area contributed by atoms with Crippen molar-refractivity contribution in [1.29, 1.82) is 0 Å². The van der Waals surface area contributed by atoms with Gasteiger partial charge in [0.1, 0.15) is 11.9 Å². The smallest absolute Gasteiger partial charge is 0.416 e. The Morgan fingerprint density at radius 1 is 1.14 bits per heavy atom. The maximum absolute atomic E-state index is 13.1. The van der Waals surface area contributed by atoms with Crippen LogP contribution in [0, 0.1) is 0 Å². The van der Waals surface area contributed by atoms with E-state index in [-0.39, 0.29) is 41.1 Å². The van der Waals surface area contributed by atoms with E-state index in [1.807, 2.05) is 11.8 Å². The Balaban J connectivity index is 0.00000432. The second-order valence-electron chi connectivity index (χ2n) is 9.10. The number of alkyl halides is 3. The zero-order valence-electron chi connectivity index (χ0n) is 19.9. The maximum atomic E-state index is 13.1. The lowest BCUT2D eigenvalue weighted by Gasteiger charge is -2.35. The fourth-order valence-electron chi connectivity index (χ4n) is 3.87. The number of carbonyl (C=O) groups is 1. The second kappa shape index (κ2) is 10.8. The Labute approximate surface area is 210 Å². The van der Waals surface area contributed by atoms with Crippen LogP contribution in [0.1, 0.15) is 44.4 Å². The number of halogens is 4. The van der Waals surface area contributed by atoms with Crippen LogP contribution < -0.4 is 10.1 Å². The minimum Gasteiger partial charge on any atom is -0.489 e. The lowest BCUT2D eigenvalue weighted by atomic mass is 10.0. The van der Waals surface area contributed by atoms with Crippen molar-refractivity contribution in [2.75, 3.05) is 19.3 Å². The van der Waals surface area contributed by atoms with Crippen LogP contribution in [0.2, 0.25) is 0 Å². The van der Waals surface area contributed by atoms with Crippen LogP contribution in [0.5, 0.6) is 5.75 Å². The number of rotatable bonds is 7. The summed E-state index contributed by atoms with van der Waals surface area (Å²) >= 11 is 0. The zero-order chi connectivity index (χ0) is 25.3. The summed E-state index contributed by atoms with van der Waals surface area (Å²) in [5.74, 6) is -0.0676. The summed E-state index contributed by atoms with van der Waals surface area (Å²) in [5, 5.41) is 2.96. The van der Waals surface area contributed by atoms with E-state index >= 15 is 0 Å². The molecule has 0 aromatic heterocycles. The molecule has 194 valence electrons. The molecule has 1 N–H and O–H groups in total. The van der Waals surface area contributed by atoms with E-state index in [0.717, 1.165) is 24.0 Å². The highest BCUT2D eigenvalue weighted by molar-refractivity contribution is 7.90. The first-order valence-corrected chi connectivity index (χ1v) is 12.8. The summed E-state index contributed by atoms with van der Waals surface area (Å²) in [6.07, 6.45) is -3.06. The Bertz CT molecular complexity index is 1140. The molecule has 0 spiro atoms. The summed E-state index contributed by atoms with van der Waals surface area (Å²) in [7, 11) is -3.30. The van der Waals surface area contributed by atoms with Crippen molar-refractivity contribution in [2.24, 2.45) is 0 Å². The van der Waals surface area contributed by atoms with Gasteiger partial charge < -0.3 is 10.1 Å². The molecule has 0 aliphatic carbocycles. The molecule has 6 nitrogen and oxygen atoms in total. The molecule has 35 heavy (non-hydrogen) atoms. The lowest BCUT2D eigenvalue weighted by Crippen LogP contribution is -2.54. The molecule has 2 aromatic carbocycles. The van der Waals surface area contributed by atoms with Gasteiger partial charge in [0.05, 0.1) is 22.0 Å². The number of nitrogens with one attached hydrogen (secondary N) is 1. The van der Waals surface area contributed by atoms with Gasteiger partial charge in [0.2, 0.25) is 5.91 Å². The lowest BCUT2D eigenvalue weighted by molar-refractivity contribution is -0.137. The molecule has 1 amide bonds. The Hall–Kier alpha value is -2.30. The van der Waals surface area contributed by atoms with E-state index in [2.05, 4.69) is 5.32 Å². The summed E-state index contributed by atoms with van der Waals surface area (Å²) < 4.78 is 67.9. The summed E-state index contributed by atoms with van der Waals surface area (Å²) in [4.78, 5) is 15.2. The molecule has 3 rings (SSSR count). The van der Waals surface area contributed by atoms with Crippen LogP contribution in [-0.4, -0.2) is 50.2 Å². The van der Waals surface area contributed by atoms with Gasteiger partial charge in [-0.15, -0.1) is 12.4 Å². The first-order valence-electron chi connectivity index (χ1n) is 10.9. The summed E-state index contributed by atoms with van der Waals surface area (Å²) in [6.45, 7) is 6.34. The average Bonchev–Trinajstić information content (AvgIpc) is 3.22. The summed E-state index contributed by atoms with van der Waals surface area (Å²) in [5.41, 5.74) is -0.880. The van der Waals surface area contributed by atoms with Crippen LogP contribution in [0.15, 0.2) is 53.4 Å². The van der Waals surface area contributed by atoms with Gasteiger partial charge in [-0.25, -0.2) is 8.42 Å². The van der Waals surface area contributed by atoms with Crippen molar-refractivity contribution in [1.82, 2.24) is 10.2 Å². The average molecular weight is 535 g/mol. The van der Waals surface area contributed by atoms with Gasteiger partial charge in [0.15, 0.2) is 9.84 Å². The first-order chi connectivity index (χ1) is 15.7. The minimum atomic E-state index is -4.44. The molecule has 11 heteroatoms. The van der Waals surface area contributed by atoms with Crippen molar-refractivity contribution >= 4 is 28.2 Å². The van der Waals surface area contributed by atoms with E-state index in [9.17, 15) is 26.4 Å². The molecule has 0 radical (unpaired) electrons. The maximum Gasteiger partial charge on any atom is 0.416 e. The quantitative estimate of drug-likeness (QED) is 0.560. The standard InChI is InChI=1S/C24H29F3N2O4S.ClH/c1-16(17-8-10-21(11-9-17)34(4,31)32)28-22(30)23(2,3)29-13-12-20(15-29)33-19-7-5-6-18(14-19)24(25,26)27;/h5-11,14,16,20H,12-13,15H2,1-4H3,(H,28,30);1H/t16-,20?;/m0./s1. The van der Waals surface area contributed by atoms with Crippen LogP contribution in [-0.2, 0) is 20.8 Å². The van der Waals surface area contributed by atoms with Gasteiger partial charge in [-0.1, -0.05) is 18.2 Å². The normalized spacial score (nSPS) is 18.0. The highest BCUT2D eigenvalue weighted by Crippen LogP contribution is 2.32. The molecule has 1 fully saturated rings. The molecule has 1 heterocycles. The topological polar surface area (TPSA) is 75.7 Å². The number of likely N-dealkylation sites (tertiary alicyclic amines) is 1. The van der Waals surface area contributed by atoms with Crippen molar-refractivity contribution in [3.8, 4) is 5.75 Å². The van der Waals surface area contributed by atoms with Crippen molar-refractivity contribution in [3.63, 3.8) is 0 Å². The van der Waals surface area contributed by atoms with Crippen LogP contribution in [0.3, 0.4) is 0 Å². The predicted octanol–water partition coefficient (Wildman–Crippen LogP) is 4.64. The monoisotopic (exact) mass is 534 g/mol. The molecule has 1 saturated heterocycles. The van der Waals surface area contributed by atoms with Crippen LogP contribution >= 0.6 is 12.4 Å². The number of carbonyl (C=O) groups excluding carboxylic acids is 1. The van der Waals surface area contributed by atoms with E-state index in [4.69, 9.17) is 4.74 Å². The van der Waals surface area contributed by atoms with Crippen molar-refractivity contribution in [2.45, 2.75) is 55.9 Å². The molecule has 1 unspecified atom stereocenters. The molecular weight excluding hydrogens is 505 g/mol. The van der Waals surface area contributed by atoms with Gasteiger partial charge in [-0.05, 0) is 63.1 Å². The number of nitrogens with zero attached hydrogens (tertiary/aromatic N) is 1. The van der Waals surface area contributed by atoms with Gasteiger partial charge in [-0.2, -0.15) is 13.2 Å². The van der Waals surface area contributed by atoms with Crippen LogP contribution in [0.4, 0.5) is 13.2 Å². The minimum absolute atomic E-state index is 0. The molecule has 1 aliphatic heterocycles. The number of hydrogen-bond acceptors (Lipinski definition) is 5. The second-order valence-corrected chi connectivity index (χ2v) is 11.1. The van der Waals surface area contributed by atoms with E-state index in [1.165, 1.54) is 24.3 Å². The molecule has 1 aliphatic rings. The van der Waals surface area contributed by atoms with Gasteiger partial charge in [0, 0.05) is 19.3 Å². The van der Waals surface area contributed by atoms with E-state index in [1.54, 1.807) is 26.0 Å². The number of sulfone groups is 1. The van der Waals surface area contributed by atoms with Crippen LogP contribution in [0.25, 0.3) is 0 Å². The third kappa shape index (κ3) is 7.11. The van der Waals surface area contributed by atoms with Crippen molar-refractivity contribution < 1.29 is 31.1 Å². The van der Waals surface area contributed by atoms with E-state index in [0.29, 0.717) is 19.5 Å². The van der Waals surface area contributed by atoms with Crippen molar-refractivity contribution in [3.05, 3.63) is 59.7 Å². The Morgan fingerprint density at radius 3 is 2.34 bits per heavy atom. The molecule has 0 bridgehead atoms. The van der Waals surface area contributed by atoms with E-state index < -0.39 is 27.1 Å². The molecular formula is C24H30ClF3N2O4S. The zero-order valence-corrected chi connectivity index (χ0v) is 21.6. The van der Waals surface area contributed by atoms with Gasteiger partial charge in [0.25, 0.3) is 0 Å². The number of hydrogen-bond donors (Lipinski definition) is 1. The molecule has 0 saturated carbocycles. The first kappa shape index (κ1) is 28.9. The Kier molecular flexibility index (Phi) is 8.89. The van der Waals surface area contributed by atoms with Gasteiger partial charge >= 0.3 is 6.18 Å². The van der Waals surface area contributed by atoms with Gasteiger partial charge in [-0.3, -0.25) is 9.69 Å². The number of amides is 1. The molecule has 2 aromatic rings. The highest BCUT2D eigenvalue weighted by atomic mass is 35.5. The Morgan fingerprint density at radius 2 is 1.77 bits per heavy atom. The number of benzene rings is 2. The highest BCUT2D eigenvalue weighted by Gasteiger charge is 2.40. The predicted molar refractivity (Wildman–Crippen MR) is 129 cm³/mol. The third-order valence-electron chi connectivity index (χ3n) is 6.11. The third-order valence-corrected chi connectivity index (χ3v) is 7.24.